The number of carbonyl (C=O) groups is 1. The third kappa shape index (κ3) is 4.52. The average molecular weight is 355 g/mol. The van der Waals surface area contributed by atoms with Gasteiger partial charge in [-0.25, -0.2) is 0 Å². The molecule has 128 valence electrons. The highest BCUT2D eigenvalue weighted by molar-refractivity contribution is 7.98. The van der Waals surface area contributed by atoms with Gasteiger partial charge in [0.15, 0.2) is 0 Å². The molecule has 2 aromatic rings. The second-order valence-corrected chi connectivity index (χ2v) is 5.92. The third-order valence-electron chi connectivity index (χ3n) is 3.43. The van der Waals surface area contributed by atoms with Crippen LogP contribution in [0.5, 0.6) is 0 Å². The summed E-state index contributed by atoms with van der Waals surface area (Å²) in [4.78, 5) is 13.0. The molecule has 0 spiro atoms. The summed E-state index contributed by atoms with van der Waals surface area (Å²) in [6.07, 6.45) is -3.69. The van der Waals surface area contributed by atoms with Crippen LogP contribution in [0, 0.1) is 0 Å². The van der Waals surface area contributed by atoms with E-state index in [1.54, 1.807) is 23.9 Å². The van der Waals surface area contributed by atoms with Gasteiger partial charge in [-0.3, -0.25) is 4.79 Å². The van der Waals surface area contributed by atoms with Gasteiger partial charge >= 0.3 is 6.18 Å². The summed E-state index contributed by atoms with van der Waals surface area (Å²) in [5, 5.41) is 12.4. The molecule has 0 fully saturated rings. The number of aliphatic hydroxyl groups is 1. The Bertz CT molecular complexity index is 702. The Morgan fingerprint density at radius 3 is 2.38 bits per heavy atom. The Morgan fingerprint density at radius 2 is 1.79 bits per heavy atom. The molecule has 0 saturated carbocycles. The highest BCUT2D eigenvalue weighted by Crippen LogP contribution is 2.31. The van der Waals surface area contributed by atoms with Crippen molar-refractivity contribution >= 4 is 17.7 Å². The monoisotopic (exact) mass is 355 g/mol. The van der Waals surface area contributed by atoms with Crippen LogP contribution in [0.15, 0.2) is 53.4 Å². The van der Waals surface area contributed by atoms with E-state index in [4.69, 9.17) is 0 Å². The van der Waals surface area contributed by atoms with Crippen LogP contribution in [-0.4, -0.2) is 23.8 Å². The molecule has 0 aliphatic heterocycles. The molecule has 2 N–H and O–H groups in total. The van der Waals surface area contributed by atoms with E-state index in [9.17, 15) is 23.1 Å². The molecule has 0 bridgehead atoms. The van der Waals surface area contributed by atoms with E-state index in [1.165, 1.54) is 12.1 Å². The Hall–Kier alpha value is -1.99. The number of nitrogens with one attached hydrogen (secondary N) is 1. The van der Waals surface area contributed by atoms with Gasteiger partial charge in [0.25, 0.3) is 5.91 Å². The zero-order valence-corrected chi connectivity index (χ0v) is 13.6. The summed E-state index contributed by atoms with van der Waals surface area (Å²) in [6.45, 7) is -0.177. The normalized spacial score (nSPS) is 12.7. The van der Waals surface area contributed by atoms with Crippen molar-refractivity contribution in [3.8, 4) is 0 Å². The van der Waals surface area contributed by atoms with Crippen LogP contribution >= 0.6 is 11.8 Å². The Balaban J connectivity index is 2.05. The second-order valence-electron chi connectivity index (χ2n) is 5.04. The second kappa shape index (κ2) is 7.72. The standard InChI is InChI=1S/C17H16F3NO2S/c1-24-12-8-6-11(7-9-12)15(22)10-21-16(23)13-4-2-3-5-14(13)17(18,19)20/h2-9,15,22H,10H2,1H3,(H,21,23)/t15-/m1/s1. The quantitative estimate of drug-likeness (QED) is 0.800. The van der Waals surface area contributed by atoms with Crippen molar-refractivity contribution in [2.75, 3.05) is 12.8 Å². The van der Waals surface area contributed by atoms with E-state index in [2.05, 4.69) is 5.32 Å². The lowest BCUT2D eigenvalue weighted by molar-refractivity contribution is -0.137. The van der Waals surface area contributed by atoms with E-state index in [0.29, 0.717) is 5.56 Å². The fraction of sp³-hybridized carbons (Fsp3) is 0.235. The zero-order valence-electron chi connectivity index (χ0n) is 12.8. The van der Waals surface area contributed by atoms with E-state index in [1.807, 2.05) is 18.4 Å². The highest BCUT2D eigenvalue weighted by Gasteiger charge is 2.34. The number of aliphatic hydroxyl groups excluding tert-OH is 1. The maximum atomic E-state index is 12.9. The summed E-state index contributed by atoms with van der Waals surface area (Å²) < 4.78 is 38.7. The lowest BCUT2D eigenvalue weighted by Gasteiger charge is -2.15. The third-order valence-corrected chi connectivity index (χ3v) is 4.18. The van der Waals surface area contributed by atoms with E-state index >= 15 is 0 Å². The molecule has 24 heavy (non-hydrogen) atoms. The van der Waals surface area contributed by atoms with Gasteiger partial charge in [0, 0.05) is 11.4 Å². The molecule has 0 aliphatic rings. The minimum Gasteiger partial charge on any atom is -0.387 e. The van der Waals surface area contributed by atoms with Gasteiger partial charge in [0.1, 0.15) is 0 Å². The molecule has 7 heteroatoms. The summed E-state index contributed by atoms with van der Waals surface area (Å²) in [5.74, 6) is -0.872. The highest BCUT2D eigenvalue weighted by atomic mass is 32.2. The van der Waals surface area contributed by atoms with Gasteiger partial charge < -0.3 is 10.4 Å². The Kier molecular flexibility index (Phi) is 5.90. The minimum atomic E-state index is -4.61. The molecule has 0 heterocycles. The zero-order chi connectivity index (χ0) is 17.7. The molecule has 0 radical (unpaired) electrons. The van der Waals surface area contributed by atoms with Crippen molar-refractivity contribution in [1.29, 1.82) is 0 Å². The maximum Gasteiger partial charge on any atom is 0.417 e. The first-order valence-corrected chi connectivity index (χ1v) is 8.32. The first kappa shape index (κ1) is 18.4. The molecule has 1 amide bonds. The van der Waals surface area contributed by atoms with Crippen molar-refractivity contribution in [2.24, 2.45) is 0 Å². The molecule has 2 aromatic carbocycles. The molecule has 0 aliphatic carbocycles. The summed E-state index contributed by atoms with van der Waals surface area (Å²) in [6, 6.07) is 11.6. The lowest BCUT2D eigenvalue weighted by Crippen LogP contribution is -2.30. The predicted octanol–water partition coefficient (Wildman–Crippen LogP) is 3.89. The lowest BCUT2D eigenvalue weighted by atomic mass is 10.1. The molecule has 3 nitrogen and oxygen atoms in total. The van der Waals surface area contributed by atoms with Gasteiger partial charge in [-0.05, 0) is 36.1 Å². The number of halogens is 3. The first-order chi connectivity index (χ1) is 11.3. The molecule has 1 atom stereocenters. The number of thioether (sulfide) groups is 1. The molecule has 0 saturated heterocycles. The van der Waals surface area contributed by atoms with Gasteiger partial charge in [0.2, 0.25) is 0 Å². The largest absolute Gasteiger partial charge is 0.417 e. The maximum absolute atomic E-state index is 12.9. The summed E-state index contributed by atoms with van der Waals surface area (Å²) in [7, 11) is 0. The number of hydrogen-bond acceptors (Lipinski definition) is 3. The number of hydrogen-bond donors (Lipinski definition) is 2. The van der Waals surface area contributed by atoms with Gasteiger partial charge in [0.05, 0.1) is 17.2 Å². The molecular weight excluding hydrogens is 339 g/mol. The van der Waals surface area contributed by atoms with Crippen molar-refractivity contribution in [1.82, 2.24) is 5.32 Å². The van der Waals surface area contributed by atoms with Crippen LogP contribution in [0.2, 0.25) is 0 Å². The van der Waals surface area contributed by atoms with Crippen molar-refractivity contribution < 1.29 is 23.1 Å². The van der Waals surface area contributed by atoms with Crippen LogP contribution in [0.4, 0.5) is 13.2 Å². The van der Waals surface area contributed by atoms with Crippen molar-refractivity contribution in [3.05, 3.63) is 65.2 Å². The molecule has 2 rings (SSSR count). The van der Waals surface area contributed by atoms with E-state index in [0.717, 1.165) is 17.0 Å². The van der Waals surface area contributed by atoms with Crippen molar-refractivity contribution in [3.63, 3.8) is 0 Å². The van der Waals surface area contributed by atoms with Crippen LogP contribution in [0.25, 0.3) is 0 Å². The SMILES string of the molecule is CSc1ccc([C@H](O)CNC(=O)c2ccccc2C(F)(F)F)cc1. The van der Waals surface area contributed by atoms with Crippen LogP contribution in [-0.2, 0) is 6.18 Å². The number of amides is 1. The number of rotatable bonds is 5. The van der Waals surface area contributed by atoms with E-state index < -0.39 is 29.3 Å². The topological polar surface area (TPSA) is 49.3 Å². The van der Waals surface area contributed by atoms with Crippen LogP contribution < -0.4 is 5.32 Å². The number of benzene rings is 2. The molecule has 0 unspecified atom stereocenters. The summed E-state index contributed by atoms with van der Waals surface area (Å²) >= 11 is 1.55. The molecule has 0 aromatic heterocycles. The van der Waals surface area contributed by atoms with Gasteiger partial charge in [-0.2, -0.15) is 13.2 Å². The van der Waals surface area contributed by atoms with Crippen LogP contribution in [0.1, 0.15) is 27.6 Å². The Labute approximate surface area is 141 Å². The predicted molar refractivity (Wildman–Crippen MR) is 87.0 cm³/mol. The fourth-order valence-corrected chi connectivity index (χ4v) is 2.57. The fourth-order valence-electron chi connectivity index (χ4n) is 2.16. The first-order valence-electron chi connectivity index (χ1n) is 7.09. The van der Waals surface area contributed by atoms with E-state index in [-0.39, 0.29) is 6.54 Å². The van der Waals surface area contributed by atoms with Crippen LogP contribution in [0.3, 0.4) is 0 Å². The molecular formula is C17H16F3NO2S. The van der Waals surface area contributed by atoms with Crippen molar-refractivity contribution in [2.45, 2.75) is 17.2 Å². The van der Waals surface area contributed by atoms with Gasteiger partial charge in [-0.1, -0.05) is 24.3 Å². The Morgan fingerprint density at radius 1 is 1.17 bits per heavy atom. The minimum absolute atomic E-state index is 0.177. The number of carbonyl (C=O) groups excluding carboxylic acids is 1. The van der Waals surface area contributed by atoms with Gasteiger partial charge in [-0.15, -0.1) is 11.8 Å². The smallest absolute Gasteiger partial charge is 0.387 e. The summed E-state index contributed by atoms with van der Waals surface area (Å²) in [5.41, 5.74) is -0.881. The average Bonchev–Trinajstić information content (AvgIpc) is 2.58. The number of alkyl halides is 3.